The molecular weight excluding hydrogens is 394 g/mol. The summed E-state index contributed by atoms with van der Waals surface area (Å²) in [6.07, 6.45) is 2.69. The number of piperidine rings is 1. The molecular formula is C21H23NO6S. The lowest BCUT2D eigenvalue weighted by Crippen LogP contribution is -2.35. The molecule has 0 aromatic heterocycles. The molecule has 0 N–H and O–H groups in total. The molecule has 0 atom stereocenters. The van der Waals surface area contributed by atoms with Crippen LogP contribution in [0.25, 0.3) is 0 Å². The van der Waals surface area contributed by atoms with Crippen LogP contribution in [0.4, 0.5) is 0 Å². The average Bonchev–Trinajstić information content (AvgIpc) is 2.74. The summed E-state index contributed by atoms with van der Waals surface area (Å²) in [7, 11) is -2.37. The van der Waals surface area contributed by atoms with Gasteiger partial charge in [-0.3, -0.25) is 0 Å². The number of aryl methyl sites for hydroxylation is 1. The third-order valence-electron chi connectivity index (χ3n) is 4.87. The molecule has 0 amide bonds. The van der Waals surface area contributed by atoms with E-state index in [1.165, 1.54) is 47.8 Å². The van der Waals surface area contributed by atoms with E-state index in [1.54, 1.807) is 13.0 Å². The quantitative estimate of drug-likeness (QED) is 0.548. The molecule has 1 saturated heterocycles. The fourth-order valence-electron chi connectivity index (χ4n) is 3.17. The maximum Gasteiger partial charge on any atom is 0.343 e. The fourth-order valence-corrected chi connectivity index (χ4v) is 4.72. The van der Waals surface area contributed by atoms with Crippen molar-refractivity contribution in [2.24, 2.45) is 0 Å². The summed E-state index contributed by atoms with van der Waals surface area (Å²) in [6.45, 7) is 2.69. The van der Waals surface area contributed by atoms with Gasteiger partial charge in [0.15, 0.2) is 0 Å². The van der Waals surface area contributed by atoms with E-state index < -0.39 is 22.0 Å². The van der Waals surface area contributed by atoms with Crippen molar-refractivity contribution < 1.29 is 27.5 Å². The predicted molar refractivity (Wildman–Crippen MR) is 107 cm³/mol. The van der Waals surface area contributed by atoms with Gasteiger partial charge in [-0.1, -0.05) is 12.5 Å². The summed E-state index contributed by atoms with van der Waals surface area (Å²) in [6, 6.07) is 10.4. The maximum absolute atomic E-state index is 12.9. The summed E-state index contributed by atoms with van der Waals surface area (Å²) in [4.78, 5) is 24.2. The molecule has 0 unspecified atom stereocenters. The third kappa shape index (κ3) is 4.65. The van der Waals surface area contributed by atoms with Crippen LogP contribution in [0.5, 0.6) is 5.75 Å². The van der Waals surface area contributed by atoms with Crippen LogP contribution in [0, 0.1) is 6.92 Å². The highest BCUT2D eigenvalue weighted by atomic mass is 32.2. The third-order valence-corrected chi connectivity index (χ3v) is 6.76. The van der Waals surface area contributed by atoms with Gasteiger partial charge in [-0.25, -0.2) is 18.0 Å². The first-order chi connectivity index (χ1) is 13.8. The van der Waals surface area contributed by atoms with Crippen molar-refractivity contribution in [1.29, 1.82) is 0 Å². The lowest BCUT2D eigenvalue weighted by molar-refractivity contribution is 0.0600. The molecule has 2 aromatic rings. The predicted octanol–water partition coefficient (Wildman–Crippen LogP) is 3.18. The largest absolute Gasteiger partial charge is 0.465 e. The zero-order valence-electron chi connectivity index (χ0n) is 16.4. The molecule has 0 saturated carbocycles. The number of sulfonamides is 1. The number of benzene rings is 2. The first-order valence-corrected chi connectivity index (χ1v) is 10.8. The molecule has 1 fully saturated rings. The lowest BCUT2D eigenvalue weighted by atomic mass is 10.1. The molecule has 0 spiro atoms. The minimum atomic E-state index is -3.65. The lowest BCUT2D eigenvalue weighted by Gasteiger charge is -2.26. The molecule has 1 aliphatic heterocycles. The Bertz CT molecular complexity index is 1010. The second-order valence-corrected chi connectivity index (χ2v) is 8.78. The van der Waals surface area contributed by atoms with Crippen LogP contribution in [-0.4, -0.2) is 44.9 Å². The van der Waals surface area contributed by atoms with E-state index in [0.29, 0.717) is 24.2 Å². The normalized spacial score (nSPS) is 15.0. The van der Waals surface area contributed by atoms with Crippen molar-refractivity contribution in [2.45, 2.75) is 31.1 Å². The minimum Gasteiger partial charge on any atom is -0.465 e. The van der Waals surface area contributed by atoms with E-state index in [0.717, 1.165) is 19.3 Å². The number of carbonyl (C=O) groups excluding carboxylic acids is 2. The van der Waals surface area contributed by atoms with Gasteiger partial charge < -0.3 is 9.47 Å². The number of carbonyl (C=O) groups is 2. The molecule has 1 aliphatic rings. The van der Waals surface area contributed by atoms with E-state index in [4.69, 9.17) is 4.74 Å². The van der Waals surface area contributed by atoms with Crippen LogP contribution in [0.1, 0.15) is 45.5 Å². The van der Waals surface area contributed by atoms with Gasteiger partial charge in [0, 0.05) is 13.1 Å². The second-order valence-electron chi connectivity index (χ2n) is 6.85. The van der Waals surface area contributed by atoms with Crippen molar-refractivity contribution in [3.05, 3.63) is 59.2 Å². The van der Waals surface area contributed by atoms with Crippen LogP contribution in [0.2, 0.25) is 0 Å². The van der Waals surface area contributed by atoms with Gasteiger partial charge in [0.25, 0.3) is 0 Å². The summed E-state index contributed by atoms with van der Waals surface area (Å²) < 4.78 is 37.2. The van der Waals surface area contributed by atoms with E-state index in [-0.39, 0.29) is 16.2 Å². The smallest absolute Gasteiger partial charge is 0.343 e. The van der Waals surface area contributed by atoms with Gasteiger partial charge in [0.1, 0.15) is 5.75 Å². The van der Waals surface area contributed by atoms with E-state index in [9.17, 15) is 18.0 Å². The molecule has 0 aliphatic carbocycles. The summed E-state index contributed by atoms with van der Waals surface area (Å²) in [5, 5.41) is 0. The Balaban J connectivity index is 1.82. The number of rotatable bonds is 5. The molecule has 2 aromatic carbocycles. The highest BCUT2D eigenvalue weighted by Crippen LogP contribution is 2.24. The summed E-state index contributed by atoms with van der Waals surface area (Å²) in [5.41, 5.74) is 1.12. The second kappa shape index (κ2) is 8.75. The Morgan fingerprint density at radius 1 is 0.931 bits per heavy atom. The Hall–Kier alpha value is -2.71. The van der Waals surface area contributed by atoms with Crippen LogP contribution >= 0.6 is 0 Å². The average molecular weight is 417 g/mol. The number of esters is 2. The standard InChI is InChI=1S/C21H23NO6S/c1-15-6-11-18(29(25,26)22-12-4-3-5-13-22)14-19(15)21(24)28-17-9-7-16(8-10-17)20(23)27-2/h6-11,14H,3-5,12-13H2,1-2H3. The van der Waals surface area contributed by atoms with Crippen molar-refractivity contribution in [3.63, 3.8) is 0 Å². The molecule has 154 valence electrons. The van der Waals surface area contributed by atoms with E-state index in [1.807, 2.05) is 0 Å². The summed E-state index contributed by atoms with van der Waals surface area (Å²) in [5.74, 6) is -0.912. The first kappa shape index (κ1) is 21.0. The highest BCUT2D eigenvalue weighted by molar-refractivity contribution is 7.89. The van der Waals surface area contributed by atoms with Gasteiger partial charge in [0.2, 0.25) is 10.0 Å². The first-order valence-electron chi connectivity index (χ1n) is 9.34. The molecule has 7 nitrogen and oxygen atoms in total. The summed E-state index contributed by atoms with van der Waals surface area (Å²) >= 11 is 0. The minimum absolute atomic E-state index is 0.0815. The molecule has 0 bridgehead atoms. The van der Waals surface area contributed by atoms with Gasteiger partial charge in [-0.15, -0.1) is 0 Å². The van der Waals surface area contributed by atoms with Crippen molar-refractivity contribution >= 4 is 22.0 Å². The Morgan fingerprint density at radius 2 is 1.59 bits per heavy atom. The molecule has 8 heteroatoms. The Labute approximate surface area is 170 Å². The fraction of sp³-hybridized carbons (Fsp3) is 0.333. The Morgan fingerprint density at radius 3 is 2.21 bits per heavy atom. The van der Waals surface area contributed by atoms with Crippen molar-refractivity contribution in [3.8, 4) is 5.75 Å². The topological polar surface area (TPSA) is 90.0 Å². The maximum atomic E-state index is 12.9. The van der Waals surface area contributed by atoms with Crippen LogP contribution in [0.15, 0.2) is 47.4 Å². The van der Waals surface area contributed by atoms with E-state index in [2.05, 4.69) is 4.74 Å². The van der Waals surface area contributed by atoms with Crippen LogP contribution in [-0.2, 0) is 14.8 Å². The molecule has 3 rings (SSSR count). The number of hydrogen-bond donors (Lipinski definition) is 0. The monoisotopic (exact) mass is 417 g/mol. The molecule has 29 heavy (non-hydrogen) atoms. The van der Waals surface area contributed by atoms with Gasteiger partial charge >= 0.3 is 11.9 Å². The van der Waals surface area contributed by atoms with E-state index >= 15 is 0 Å². The van der Waals surface area contributed by atoms with Crippen molar-refractivity contribution in [1.82, 2.24) is 4.31 Å². The van der Waals surface area contributed by atoms with Crippen LogP contribution < -0.4 is 4.74 Å². The number of hydrogen-bond acceptors (Lipinski definition) is 6. The molecule has 1 heterocycles. The zero-order chi connectivity index (χ0) is 21.0. The highest BCUT2D eigenvalue weighted by Gasteiger charge is 2.27. The number of nitrogens with zero attached hydrogens (tertiary/aromatic N) is 1. The van der Waals surface area contributed by atoms with Gasteiger partial charge in [-0.2, -0.15) is 4.31 Å². The molecule has 0 radical (unpaired) electrons. The zero-order valence-corrected chi connectivity index (χ0v) is 17.2. The van der Waals surface area contributed by atoms with Gasteiger partial charge in [0.05, 0.1) is 23.1 Å². The van der Waals surface area contributed by atoms with Crippen molar-refractivity contribution in [2.75, 3.05) is 20.2 Å². The Kier molecular flexibility index (Phi) is 6.34. The van der Waals surface area contributed by atoms with Gasteiger partial charge in [-0.05, 0) is 61.7 Å². The number of ether oxygens (including phenoxy) is 2. The van der Waals surface area contributed by atoms with Crippen LogP contribution in [0.3, 0.4) is 0 Å². The SMILES string of the molecule is COC(=O)c1ccc(OC(=O)c2cc(S(=O)(=O)N3CCCCC3)ccc2C)cc1. The number of methoxy groups -OCH3 is 1.